The number of nitrogens with zero attached hydrogens (tertiary/aromatic N) is 2. The third-order valence-corrected chi connectivity index (χ3v) is 5.19. The van der Waals surface area contributed by atoms with E-state index in [2.05, 4.69) is 64.9 Å². The van der Waals surface area contributed by atoms with E-state index in [1.54, 1.807) is 11.3 Å². The highest BCUT2D eigenvalue weighted by molar-refractivity contribution is 7.14. The van der Waals surface area contributed by atoms with Crippen LogP contribution in [0.2, 0.25) is 0 Å². The summed E-state index contributed by atoms with van der Waals surface area (Å²) in [4.78, 5) is 7.26. The molecule has 0 spiro atoms. The number of thiazole rings is 1. The number of anilines is 1. The van der Waals surface area contributed by atoms with E-state index in [9.17, 15) is 0 Å². The van der Waals surface area contributed by atoms with E-state index in [0.717, 1.165) is 23.9 Å². The Labute approximate surface area is 135 Å². The maximum atomic E-state index is 4.84. The van der Waals surface area contributed by atoms with Crippen LogP contribution in [-0.2, 0) is 0 Å². The first-order valence-corrected chi connectivity index (χ1v) is 8.59. The van der Waals surface area contributed by atoms with Crippen LogP contribution < -0.4 is 4.90 Å². The van der Waals surface area contributed by atoms with Gasteiger partial charge in [0.1, 0.15) is 0 Å². The summed E-state index contributed by atoms with van der Waals surface area (Å²) in [5, 5.41) is 3.32. The molecule has 0 saturated carbocycles. The Bertz CT molecular complexity index is 736. The van der Waals surface area contributed by atoms with Gasteiger partial charge < -0.3 is 4.90 Å². The molecule has 1 aromatic heterocycles. The normalized spacial score (nSPS) is 17.8. The smallest absolute Gasteiger partial charge is 0.185 e. The zero-order valence-electron chi connectivity index (χ0n) is 12.4. The fraction of sp³-hybridized carbons (Fsp3) is 0.211. The first kappa shape index (κ1) is 13.5. The predicted octanol–water partition coefficient (Wildman–Crippen LogP) is 4.80. The van der Waals surface area contributed by atoms with E-state index in [0.29, 0.717) is 5.92 Å². The molecule has 2 nitrogen and oxygen atoms in total. The largest absolute Gasteiger partial charge is 0.347 e. The van der Waals surface area contributed by atoms with Crippen molar-refractivity contribution in [2.24, 2.45) is 0 Å². The van der Waals surface area contributed by atoms with Crippen molar-refractivity contribution in [3.8, 4) is 11.3 Å². The highest BCUT2D eigenvalue weighted by Crippen LogP contribution is 2.34. The molecule has 22 heavy (non-hydrogen) atoms. The van der Waals surface area contributed by atoms with Crippen LogP contribution in [0.3, 0.4) is 0 Å². The maximum Gasteiger partial charge on any atom is 0.185 e. The summed E-state index contributed by atoms with van der Waals surface area (Å²) in [6.45, 7) is 2.17. The van der Waals surface area contributed by atoms with E-state index in [1.807, 2.05) is 6.07 Å². The highest BCUT2D eigenvalue weighted by Gasteiger charge is 2.25. The molecule has 4 rings (SSSR count). The molecule has 0 N–H and O–H groups in total. The maximum absolute atomic E-state index is 4.84. The molecule has 3 aromatic rings. The monoisotopic (exact) mass is 306 g/mol. The minimum absolute atomic E-state index is 0.630. The summed E-state index contributed by atoms with van der Waals surface area (Å²) >= 11 is 1.75. The number of aromatic nitrogens is 1. The van der Waals surface area contributed by atoms with Gasteiger partial charge in [-0.05, 0) is 12.0 Å². The van der Waals surface area contributed by atoms with Crippen LogP contribution in [0.5, 0.6) is 0 Å². The van der Waals surface area contributed by atoms with Crippen molar-refractivity contribution in [2.45, 2.75) is 12.3 Å². The van der Waals surface area contributed by atoms with Crippen molar-refractivity contribution >= 4 is 16.5 Å². The second kappa shape index (κ2) is 5.93. The van der Waals surface area contributed by atoms with Gasteiger partial charge in [0.15, 0.2) is 5.13 Å². The summed E-state index contributed by atoms with van der Waals surface area (Å²) < 4.78 is 0. The topological polar surface area (TPSA) is 16.1 Å². The van der Waals surface area contributed by atoms with Crippen molar-refractivity contribution in [3.05, 3.63) is 71.6 Å². The van der Waals surface area contributed by atoms with Crippen LogP contribution in [0, 0.1) is 0 Å². The summed E-state index contributed by atoms with van der Waals surface area (Å²) in [5.41, 5.74) is 3.73. The first-order valence-electron chi connectivity index (χ1n) is 7.71. The van der Waals surface area contributed by atoms with Gasteiger partial charge in [-0.2, -0.15) is 0 Å². The second-order valence-electron chi connectivity index (χ2n) is 5.72. The Morgan fingerprint density at radius 2 is 1.68 bits per heavy atom. The standard InChI is InChI=1S/C19H18N2S/c1-3-7-15(8-4-1)17-11-12-21(13-17)19-20-18(14-22-19)16-9-5-2-6-10-16/h1-10,14,17H,11-13H2/t17-/m1/s1. The first-order chi connectivity index (χ1) is 10.9. The molecule has 3 heteroatoms. The molecule has 1 aliphatic rings. The van der Waals surface area contributed by atoms with Gasteiger partial charge in [0.25, 0.3) is 0 Å². The number of benzene rings is 2. The molecular formula is C19H18N2S. The van der Waals surface area contributed by atoms with Crippen LogP contribution in [0.4, 0.5) is 5.13 Å². The summed E-state index contributed by atoms with van der Waals surface area (Å²) in [5.74, 6) is 0.630. The number of hydrogen-bond donors (Lipinski definition) is 0. The van der Waals surface area contributed by atoms with Gasteiger partial charge in [0.2, 0.25) is 0 Å². The molecule has 2 heterocycles. The van der Waals surface area contributed by atoms with Gasteiger partial charge in [-0.25, -0.2) is 4.98 Å². The van der Waals surface area contributed by atoms with E-state index in [4.69, 9.17) is 4.98 Å². The molecule has 0 unspecified atom stereocenters. The molecular weight excluding hydrogens is 288 g/mol. The van der Waals surface area contributed by atoms with Crippen LogP contribution in [0.25, 0.3) is 11.3 Å². The molecule has 2 aromatic carbocycles. The molecule has 1 saturated heterocycles. The van der Waals surface area contributed by atoms with Crippen LogP contribution >= 0.6 is 11.3 Å². The number of rotatable bonds is 3. The van der Waals surface area contributed by atoms with E-state index < -0.39 is 0 Å². The second-order valence-corrected chi connectivity index (χ2v) is 6.56. The van der Waals surface area contributed by atoms with Gasteiger partial charge in [0, 0.05) is 30.0 Å². The molecule has 1 fully saturated rings. The fourth-order valence-electron chi connectivity index (χ4n) is 3.08. The molecule has 1 atom stereocenters. The molecule has 0 amide bonds. The molecule has 110 valence electrons. The Morgan fingerprint density at radius 3 is 2.45 bits per heavy atom. The molecule has 0 bridgehead atoms. The SMILES string of the molecule is c1ccc(-c2csc(N3CC[C@@H](c4ccccc4)C3)n2)cc1. The van der Waals surface area contributed by atoms with E-state index >= 15 is 0 Å². The third-order valence-electron chi connectivity index (χ3n) is 4.29. The van der Waals surface area contributed by atoms with Crippen LogP contribution in [0.15, 0.2) is 66.0 Å². The van der Waals surface area contributed by atoms with Crippen molar-refractivity contribution in [1.82, 2.24) is 4.98 Å². The lowest BCUT2D eigenvalue weighted by molar-refractivity contribution is 0.775. The Hall–Kier alpha value is -2.13. The van der Waals surface area contributed by atoms with Crippen LogP contribution in [0.1, 0.15) is 17.9 Å². The Morgan fingerprint density at radius 1 is 0.955 bits per heavy atom. The Balaban J connectivity index is 1.51. The van der Waals surface area contributed by atoms with Crippen molar-refractivity contribution in [3.63, 3.8) is 0 Å². The summed E-state index contributed by atoms with van der Waals surface area (Å²) in [6, 6.07) is 21.3. The van der Waals surface area contributed by atoms with E-state index in [-0.39, 0.29) is 0 Å². The minimum Gasteiger partial charge on any atom is -0.347 e. The summed E-state index contributed by atoms with van der Waals surface area (Å²) in [6.07, 6.45) is 1.21. The number of hydrogen-bond acceptors (Lipinski definition) is 3. The average molecular weight is 306 g/mol. The molecule has 0 aliphatic carbocycles. The lowest BCUT2D eigenvalue weighted by Gasteiger charge is -2.15. The van der Waals surface area contributed by atoms with Gasteiger partial charge in [-0.15, -0.1) is 11.3 Å². The predicted molar refractivity (Wildman–Crippen MR) is 93.6 cm³/mol. The Kier molecular flexibility index (Phi) is 3.65. The van der Waals surface area contributed by atoms with Crippen LogP contribution in [-0.4, -0.2) is 18.1 Å². The van der Waals surface area contributed by atoms with Gasteiger partial charge in [0.05, 0.1) is 5.69 Å². The third kappa shape index (κ3) is 2.64. The van der Waals surface area contributed by atoms with E-state index in [1.165, 1.54) is 17.5 Å². The zero-order valence-corrected chi connectivity index (χ0v) is 13.2. The fourth-order valence-corrected chi connectivity index (χ4v) is 3.95. The van der Waals surface area contributed by atoms with Crippen molar-refractivity contribution in [1.29, 1.82) is 0 Å². The highest BCUT2D eigenvalue weighted by atomic mass is 32.1. The zero-order chi connectivity index (χ0) is 14.8. The average Bonchev–Trinajstić information content (AvgIpc) is 3.26. The van der Waals surface area contributed by atoms with Crippen molar-refractivity contribution in [2.75, 3.05) is 18.0 Å². The van der Waals surface area contributed by atoms with Gasteiger partial charge >= 0.3 is 0 Å². The van der Waals surface area contributed by atoms with Gasteiger partial charge in [-0.1, -0.05) is 60.7 Å². The minimum atomic E-state index is 0.630. The van der Waals surface area contributed by atoms with Gasteiger partial charge in [-0.3, -0.25) is 0 Å². The lowest BCUT2D eigenvalue weighted by Crippen LogP contribution is -2.18. The molecule has 0 radical (unpaired) electrons. The molecule has 1 aliphatic heterocycles. The van der Waals surface area contributed by atoms with Crippen molar-refractivity contribution < 1.29 is 0 Å². The lowest BCUT2D eigenvalue weighted by atomic mass is 9.99. The quantitative estimate of drug-likeness (QED) is 0.690. The summed E-state index contributed by atoms with van der Waals surface area (Å²) in [7, 11) is 0.